The van der Waals surface area contributed by atoms with Gasteiger partial charge < -0.3 is 15.4 Å². The van der Waals surface area contributed by atoms with Crippen LogP contribution in [0, 0.1) is 5.82 Å². The summed E-state index contributed by atoms with van der Waals surface area (Å²) in [6.45, 7) is 6.17. The van der Waals surface area contributed by atoms with E-state index in [4.69, 9.17) is 16.3 Å². The van der Waals surface area contributed by atoms with E-state index in [1.54, 1.807) is 18.2 Å². The first-order valence-corrected chi connectivity index (χ1v) is 8.10. The second kappa shape index (κ2) is 8.82. The monoisotopic (exact) mass is 337 g/mol. The second-order valence-electron chi connectivity index (χ2n) is 4.79. The lowest BCUT2D eigenvalue weighted by atomic mass is 10.1. The number of benzene rings is 1. The molecular formula is C17H21ClFN3O. The first kappa shape index (κ1) is 17.7. The lowest BCUT2D eigenvalue weighted by molar-refractivity contribution is 0.0275. The maximum Gasteiger partial charge on any atom is 0.147 e. The van der Waals surface area contributed by atoms with Gasteiger partial charge in [-0.25, -0.2) is 9.37 Å². The Morgan fingerprint density at radius 1 is 1.30 bits per heavy atom. The van der Waals surface area contributed by atoms with Crippen LogP contribution in [0.5, 0.6) is 0 Å². The molecule has 0 bridgehead atoms. The number of rotatable bonds is 3. The first-order chi connectivity index (χ1) is 11.2. The van der Waals surface area contributed by atoms with Crippen LogP contribution < -0.4 is 10.6 Å². The minimum Gasteiger partial charge on any atom is -0.371 e. The first-order valence-electron chi connectivity index (χ1n) is 7.73. The molecule has 2 N–H and O–H groups in total. The van der Waals surface area contributed by atoms with Gasteiger partial charge in [-0.15, -0.1) is 0 Å². The SMILES string of the molecule is CC.Fc1cc(C2CNCCO2)ccc1Nc1ccc(Cl)cn1. The molecule has 1 aliphatic rings. The fourth-order valence-electron chi connectivity index (χ4n) is 2.20. The molecule has 6 heteroatoms. The van der Waals surface area contributed by atoms with E-state index < -0.39 is 0 Å². The zero-order chi connectivity index (χ0) is 16.7. The van der Waals surface area contributed by atoms with Gasteiger partial charge in [-0.1, -0.05) is 31.5 Å². The van der Waals surface area contributed by atoms with Gasteiger partial charge in [-0.3, -0.25) is 0 Å². The molecule has 23 heavy (non-hydrogen) atoms. The fourth-order valence-corrected chi connectivity index (χ4v) is 2.31. The predicted molar refractivity (Wildman–Crippen MR) is 91.8 cm³/mol. The van der Waals surface area contributed by atoms with Crippen LogP contribution in [0.4, 0.5) is 15.9 Å². The molecule has 1 atom stereocenters. The topological polar surface area (TPSA) is 46.2 Å². The average molecular weight is 338 g/mol. The molecule has 1 aromatic carbocycles. The van der Waals surface area contributed by atoms with Crippen molar-refractivity contribution in [2.45, 2.75) is 20.0 Å². The molecule has 1 fully saturated rings. The maximum atomic E-state index is 14.2. The number of halogens is 2. The van der Waals surface area contributed by atoms with Crippen molar-refractivity contribution in [2.75, 3.05) is 25.0 Å². The molecule has 3 rings (SSSR count). The summed E-state index contributed by atoms with van der Waals surface area (Å²) in [5.41, 5.74) is 1.20. The minimum atomic E-state index is -0.335. The fraction of sp³-hybridized carbons (Fsp3) is 0.353. The molecule has 0 amide bonds. The molecule has 0 saturated carbocycles. The Labute approximate surface area is 141 Å². The molecule has 1 unspecified atom stereocenters. The third-order valence-electron chi connectivity index (χ3n) is 3.28. The number of hydrogen-bond acceptors (Lipinski definition) is 4. The van der Waals surface area contributed by atoms with Crippen molar-refractivity contribution in [3.05, 3.63) is 52.9 Å². The number of pyridine rings is 1. The number of aromatic nitrogens is 1. The van der Waals surface area contributed by atoms with Gasteiger partial charge in [-0.2, -0.15) is 0 Å². The van der Waals surface area contributed by atoms with Gasteiger partial charge in [-0.05, 0) is 29.8 Å². The van der Waals surface area contributed by atoms with E-state index in [9.17, 15) is 4.39 Å². The van der Waals surface area contributed by atoms with E-state index in [0.29, 0.717) is 29.7 Å². The second-order valence-corrected chi connectivity index (χ2v) is 5.23. The van der Waals surface area contributed by atoms with Crippen molar-refractivity contribution in [1.29, 1.82) is 0 Å². The Kier molecular flexibility index (Phi) is 6.77. The Morgan fingerprint density at radius 3 is 2.74 bits per heavy atom. The van der Waals surface area contributed by atoms with Crippen LogP contribution in [0.2, 0.25) is 5.02 Å². The van der Waals surface area contributed by atoms with Crippen LogP contribution in [0.3, 0.4) is 0 Å². The van der Waals surface area contributed by atoms with Gasteiger partial charge in [0, 0.05) is 19.3 Å². The van der Waals surface area contributed by atoms with Crippen molar-refractivity contribution in [3.63, 3.8) is 0 Å². The highest BCUT2D eigenvalue weighted by molar-refractivity contribution is 6.30. The number of ether oxygens (including phenoxy) is 1. The molecular weight excluding hydrogens is 317 g/mol. The molecule has 4 nitrogen and oxygen atoms in total. The quantitative estimate of drug-likeness (QED) is 0.876. The van der Waals surface area contributed by atoms with Crippen molar-refractivity contribution >= 4 is 23.1 Å². The number of hydrogen-bond donors (Lipinski definition) is 2. The van der Waals surface area contributed by atoms with Crippen LogP contribution in [0.15, 0.2) is 36.5 Å². The highest BCUT2D eigenvalue weighted by Gasteiger charge is 2.17. The molecule has 0 aliphatic carbocycles. The van der Waals surface area contributed by atoms with Crippen LogP contribution in [-0.4, -0.2) is 24.7 Å². The smallest absolute Gasteiger partial charge is 0.147 e. The van der Waals surface area contributed by atoms with Crippen LogP contribution in [0.25, 0.3) is 0 Å². The van der Waals surface area contributed by atoms with Gasteiger partial charge >= 0.3 is 0 Å². The highest BCUT2D eigenvalue weighted by atomic mass is 35.5. The molecule has 1 aliphatic heterocycles. The number of nitrogens with zero attached hydrogens (tertiary/aromatic N) is 1. The van der Waals surface area contributed by atoms with Gasteiger partial charge in [0.25, 0.3) is 0 Å². The summed E-state index contributed by atoms with van der Waals surface area (Å²) in [7, 11) is 0. The summed E-state index contributed by atoms with van der Waals surface area (Å²) >= 11 is 5.77. The van der Waals surface area contributed by atoms with E-state index >= 15 is 0 Å². The van der Waals surface area contributed by atoms with Crippen molar-refractivity contribution in [3.8, 4) is 0 Å². The largest absolute Gasteiger partial charge is 0.371 e. The average Bonchev–Trinajstić information content (AvgIpc) is 2.61. The van der Waals surface area contributed by atoms with Crippen molar-refractivity contribution < 1.29 is 9.13 Å². The number of morpholine rings is 1. The third kappa shape index (κ3) is 4.89. The van der Waals surface area contributed by atoms with Crippen LogP contribution >= 0.6 is 11.6 Å². The Morgan fingerprint density at radius 2 is 2.13 bits per heavy atom. The molecule has 1 aromatic heterocycles. The molecule has 0 radical (unpaired) electrons. The van der Waals surface area contributed by atoms with Gasteiger partial charge in [0.15, 0.2) is 0 Å². The zero-order valence-electron chi connectivity index (χ0n) is 13.3. The van der Waals surface area contributed by atoms with Crippen molar-refractivity contribution in [1.82, 2.24) is 10.3 Å². The summed E-state index contributed by atoms with van der Waals surface area (Å²) in [4.78, 5) is 4.08. The molecule has 2 aromatic rings. The normalized spacial score (nSPS) is 17.1. The molecule has 124 valence electrons. The number of anilines is 2. The van der Waals surface area contributed by atoms with E-state index in [2.05, 4.69) is 15.6 Å². The lowest BCUT2D eigenvalue weighted by Gasteiger charge is -2.24. The van der Waals surface area contributed by atoms with Crippen molar-refractivity contribution in [2.24, 2.45) is 0 Å². The Bertz CT molecular complexity index is 616. The lowest BCUT2D eigenvalue weighted by Crippen LogP contribution is -2.33. The van der Waals surface area contributed by atoms with Gasteiger partial charge in [0.05, 0.1) is 23.4 Å². The minimum absolute atomic E-state index is 0.101. The van der Waals surface area contributed by atoms with E-state index in [1.165, 1.54) is 12.3 Å². The summed E-state index contributed by atoms with van der Waals surface area (Å²) in [5.74, 6) is 0.208. The predicted octanol–water partition coefficient (Wildman–Crippen LogP) is 4.30. The van der Waals surface area contributed by atoms with Crippen LogP contribution in [-0.2, 0) is 4.74 Å². The van der Waals surface area contributed by atoms with E-state index in [-0.39, 0.29) is 11.9 Å². The highest BCUT2D eigenvalue weighted by Crippen LogP contribution is 2.25. The Hall–Kier alpha value is -1.69. The summed E-state index contributed by atoms with van der Waals surface area (Å²) in [6.07, 6.45) is 1.41. The molecule has 0 spiro atoms. The standard InChI is InChI=1S/C15H15ClFN3O.C2H6/c16-11-2-4-15(19-8-11)20-13-3-1-10(7-12(13)17)14-9-18-5-6-21-14;1-2/h1-4,7-8,14,18H,5-6,9H2,(H,19,20);1-2H3. The van der Waals surface area contributed by atoms with E-state index in [1.807, 2.05) is 19.9 Å². The van der Waals surface area contributed by atoms with Crippen LogP contribution in [0.1, 0.15) is 25.5 Å². The number of nitrogens with one attached hydrogen (secondary N) is 2. The Balaban J connectivity index is 0.000000924. The molecule has 1 saturated heterocycles. The summed E-state index contributed by atoms with van der Waals surface area (Å²) in [6, 6.07) is 8.45. The maximum absolute atomic E-state index is 14.2. The third-order valence-corrected chi connectivity index (χ3v) is 3.51. The molecule has 2 heterocycles. The zero-order valence-corrected chi connectivity index (χ0v) is 14.0. The van der Waals surface area contributed by atoms with E-state index in [0.717, 1.165) is 12.1 Å². The van der Waals surface area contributed by atoms with Gasteiger partial charge in [0.1, 0.15) is 11.6 Å². The summed E-state index contributed by atoms with van der Waals surface area (Å²) in [5, 5.41) is 6.70. The van der Waals surface area contributed by atoms with Gasteiger partial charge in [0.2, 0.25) is 0 Å². The summed E-state index contributed by atoms with van der Waals surface area (Å²) < 4.78 is 19.8.